The van der Waals surface area contributed by atoms with Gasteiger partial charge in [-0.2, -0.15) is 0 Å². The molecule has 0 N–H and O–H groups in total. The lowest BCUT2D eigenvalue weighted by Crippen LogP contribution is -2.24. The van der Waals surface area contributed by atoms with Crippen molar-refractivity contribution < 1.29 is 17.9 Å². The maximum atomic E-state index is 13.0. The predicted octanol–water partition coefficient (Wildman–Crippen LogP) is 4.72. The number of nitrogens with zero attached hydrogens (tertiary/aromatic N) is 1. The summed E-state index contributed by atoms with van der Waals surface area (Å²) >= 11 is 1.61. The summed E-state index contributed by atoms with van der Waals surface area (Å²) < 4.78 is 29.9. The predicted molar refractivity (Wildman–Crippen MR) is 119 cm³/mol. The van der Waals surface area contributed by atoms with Gasteiger partial charge in [0.2, 0.25) is 10.0 Å². The van der Waals surface area contributed by atoms with Gasteiger partial charge in [-0.3, -0.25) is 9.10 Å². The van der Waals surface area contributed by atoms with Crippen LogP contribution in [-0.2, 0) is 10.0 Å². The van der Waals surface area contributed by atoms with Crippen molar-refractivity contribution in [3.8, 4) is 16.2 Å². The average Bonchev–Trinajstić information content (AvgIpc) is 3.26. The zero-order valence-corrected chi connectivity index (χ0v) is 18.0. The fourth-order valence-corrected chi connectivity index (χ4v) is 4.08. The molecule has 150 valence electrons. The molecule has 0 radical (unpaired) electrons. The lowest BCUT2D eigenvalue weighted by Gasteiger charge is -2.17. The number of sulfonamides is 1. The second-order valence-electron chi connectivity index (χ2n) is 6.48. The van der Waals surface area contributed by atoms with Crippen LogP contribution in [0.15, 0.2) is 66.6 Å². The van der Waals surface area contributed by atoms with Crippen LogP contribution >= 0.6 is 11.3 Å². The highest BCUT2D eigenvalue weighted by Crippen LogP contribution is 2.34. The van der Waals surface area contributed by atoms with Crippen LogP contribution in [0, 0.1) is 0 Å². The zero-order valence-electron chi connectivity index (χ0n) is 16.4. The van der Waals surface area contributed by atoms with E-state index in [0.717, 1.165) is 21.0 Å². The standard InChI is InChI=1S/C22H21NO4S2/c1-15(19-14-17(9-12-20(19)27-3)21-6-5-13-28-21)22(24)16-7-10-18(11-8-16)23(2)29(4,25)26/h5-14H,1H2,2-4H3. The molecule has 0 saturated heterocycles. The van der Waals surface area contributed by atoms with E-state index >= 15 is 0 Å². The summed E-state index contributed by atoms with van der Waals surface area (Å²) in [5.74, 6) is 0.317. The molecule has 0 aliphatic rings. The second kappa shape index (κ2) is 8.23. The highest BCUT2D eigenvalue weighted by molar-refractivity contribution is 7.92. The van der Waals surface area contributed by atoms with Gasteiger partial charge in [-0.15, -0.1) is 11.3 Å². The smallest absolute Gasteiger partial charge is 0.231 e. The number of thiophene rings is 1. The topological polar surface area (TPSA) is 63.7 Å². The van der Waals surface area contributed by atoms with Gasteiger partial charge in [-0.05, 0) is 59.5 Å². The van der Waals surface area contributed by atoms with Crippen molar-refractivity contribution in [2.24, 2.45) is 0 Å². The summed E-state index contributed by atoms with van der Waals surface area (Å²) in [5, 5.41) is 1.99. The number of hydrogen-bond acceptors (Lipinski definition) is 5. The summed E-state index contributed by atoms with van der Waals surface area (Å²) in [5.41, 5.74) is 2.82. The highest BCUT2D eigenvalue weighted by Gasteiger charge is 2.18. The molecule has 2 aromatic carbocycles. The summed E-state index contributed by atoms with van der Waals surface area (Å²) in [4.78, 5) is 14.1. The number of ketones is 1. The van der Waals surface area contributed by atoms with Crippen LogP contribution in [0.4, 0.5) is 5.69 Å². The van der Waals surface area contributed by atoms with Gasteiger partial charge in [-0.1, -0.05) is 12.6 Å². The third-order valence-corrected chi connectivity index (χ3v) is 6.72. The van der Waals surface area contributed by atoms with Crippen molar-refractivity contribution in [1.29, 1.82) is 0 Å². The van der Waals surface area contributed by atoms with Crippen molar-refractivity contribution in [3.63, 3.8) is 0 Å². The third-order valence-electron chi connectivity index (χ3n) is 4.59. The van der Waals surface area contributed by atoms with E-state index in [9.17, 15) is 13.2 Å². The maximum absolute atomic E-state index is 13.0. The molecule has 3 aromatic rings. The number of methoxy groups -OCH3 is 1. The van der Waals surface area contributed by atoms with Gasteiger partial charge >= 0.3 is 0 Å². The first kappa shape index (κ1) is 20.8. The molecule has 1 aromatic heterocycles. The number of allylic oxidation sites excluding steroid dienone is 1. The largest absolute Gasteiger partial charge is 0.496 e. The first-order chi connectivity index (χ1) is 13.7. The fourth-order valence-electron chi connectivity index (χ4n) is 2.85. The monoisotopic (exact) mass is 427 g/mol. The quantitative estimate of drug-likeness (QED) is 0.404. The molecule has 3 rings (SSSR count). The Bertz CT molecular complexity index is 1150. The van der Waals surface area contributed by atoms with Crippen molar-refractivity contribution >= 4 is 38.4 Å². The molecule has 0 unspecified atom stereocenters. The Kier molecular flexibility index (Phi) is 5.91. The van der Waals surface area contributed by atoms with Crippen LogP contribution in [0.3, 0.4) is 0 Å². The minimum absolute atomic E-state index is 0.250. The van der Waals surface area contributed by atoms with Crippen molar-refractivity contribution in [3.05, 3.63) is 77.7 Å². The molecule has 0 fully saturated rings. The van der Waals surface area contributed by atoms with E-state index in [2.05, 4.69) is 6.58 Å². The Balaban J connectivity index is 1.92. The van der Waals surface area contributed by atoms with Crippen molar-refractivity contribution in [1.82, 2.24) is 0 Å². The Hall–Kier alpha value is -2.90. The molecule has 1 heterocycles. The van der Waals surface area contributed by atoms with Gasteiger partial charge in [0.1, 0.15) is 5.75 Å². The van der Waals surface area contributed by atoms with Gasteiger partial charge in [0, 0.05) is 28.6 Å². The number of carbonyl (C=O) groups excluding carboxylic acids is 1. The van der Waals surface area contributed by atoms with E-state index in [1.807, 2.05) is 35.7 Å². The number of rotatable bonds is 7. The minimum Gasteiger partial charge on any atom is -0.496 e. The third kappa shape index (κ3) is 4.41. The van der Waals surface area contributed by atoms with Crippen LogP contribution in [0.5, 0.6) is 5.75 Å². The summed E-state index contributed by atoms with van der Waals surface area (Å²) in [7, 11) is -0.351. The van der Waals surface area contributed by atoms with Gasteiger partial charge in [-0.25, -0.2) is 8.42 Å². The van der Waals surface area contributed by atoms with Crippen LogP contribution in [-0.4, -0.2) is 34.6 Å². The lowest BCUT2D eigenvalue weighted by molar-refractivity contribution is 0.105. The fraction of sp³-hybridized carbons (Fsp3) is 0.136. The Morgan fingerprint density at radius 1 is 1.10 bits per heavy atom. The first-order valence-corrected chi connectivity index (χ1v) is 11.4. The highest BCUT2D eigenvalue weighted by atomic mass is 32.2. The average molecular weight is 428 g/mol. The van der Waals surface area contributed by atoms with Gasteiger partial charge in [0.05, 0.1) is 19.1 Å². The van der Waals surface area contributed by atoms with E-state index in [1.54, 1.807) is 42.7 Å². The zero-order chi connectivity index (χ0) is 21.2. The first-order valence-electron chi connectivity index (χ1n) is 8.72. The van der Waals surface area contributed by atoms with Gasteiger partial charge < -0.3 is 4.74 Å². The van der Waals surface area contributed by atoms with E-state index in [1.165, 1.54) is 7.05 Å². The van der Waals surface area contributed by atoms with E-state index in [-0.39, 0.29) is 5.78 Å². The van der Waals surface area contributed by atoms with Crippen LogP contribution < -0.4 is 9.04 Å². The molecule has 0 spiro atoms. The van der Waals surface area contributed by atoms with Crippen LogP contribution in [0.2, 0.25) is 0 Å². The Morgan fingerprint density at radius 3 is 2.34 bits per heavy atom. The molecule has 29 heavy (non-hydrogen) atoms. The molecule has 7 heteroatoms. The molecular weight excluding hydrogens is 406 g/mol. The number of carbonyl (C=O) groups is 1. The Labute approximate surface area is 174 Å². The molecular formula is C22H21NO4S2. The molecule has 0 amide bonds. The number of benzene rings is 2. The normalized spacial score (nSPS) is 11.1. The van der Waals surface area contributed by atoms with Crippen LogP contribution in [0.25, 0.3) is 16.0 Å². The molecule has 0 bridgehead atoms. The van der Waals surface area contributed by atoms with E-state index in [4.69, 9.17) is 4.74 Å². The van der Waals surface area contributed by atoms with E-state index in [0.29, 0.717) is 28.1 Å². The summed E-state index contributed by atoms with van der Waals surface area (Å²) in [6.45, 7) is 4.00. The van der Waals surface area contributed by atoms with Crippen molar-refractivity contribution in [2.75, 3.05) is 24.7 Å². The van der Waals surface area contributed by atoms with E-state index < -0.39 is 10.0 Å². The number of Topliss-reactive ketones (excluding diaryl/α,β-unsaturated/α-hetero) is 1. The molecule has 0 aliphatic heterocycles. The number of hydrogen-bond donors (Lipinski definition) is 0. The minimum atomic E-state index is -3.37. The summed E-state index contributed by atoms with van der Waals surface area (Å²) in [6, 6.07) is 16.0. The maximum Gasteiger partial charge on any atom is 0.231 e. The Morgan fingerprint density at radius 2 is 1.79 bits per heavy atom. The lowest BCUT2D eigenvalue weighted by atomic mass is 9.95. The molecule has 0 atom stereocenters. The SMILES string of the molecule is C=C(C(=O)c1ccc(N(C)S(C)(=O)=O)cc1)c1cc(-c2cccs2)ccc1OC. The van der Waals surface area contributed by atoms with Crippen molar-refractivity contribution in [2.45, 2.75) is 0 Å². The number of ether oxygens (including phenoxy) is 1. The molecule has 5 nitrogen and oxygen atoms in total. The number of anilines is 1. The van der Waals surface area contributed by atoms with Gasteiger partial charge in [0.25, 0.3) is 0 Å². The second-order valence-corrected chi connectivity index (χ2v) is 9.44. The van der Waals surface area contributed by atoms with Crippen LogP contribution in [0.1, 0.15) is 15.9 Å². The molecule has 0 saturated carbocycles. The van der Waals surface area contributed by atoms with Gasteiger partial charge in [0.15, 0.2) is 5.78 Å². The summed E-state index contributed by atoms with van der Waals surface area (Å²) in [6.07, 6.45) is 1.13. The molecule has 0 aliphatic carbocycles.